The van der Waals surface area contributed by atoms with Crippen LogP contribution in [0.1, 0.15) is 4.88 Å². The highest BCUT2D eigenvalue weighted by Gasteiger charge is 2.22. The van der Waals surface area contributed by atoms with E-state index in [-0.39, 0.29) is 5.91 Å². The van der Waals surface area contributed by atoms with E-state index in [1.165, 1.54) is 11.8 Å². The Morgan fingerprint density at radius 2 is 1.97 bits per heavy atom. The third-order valence-electron chi connectivity index (χ3n) is 5.29. The van der Waals surface area contributed by atoms with Gasteiger partial charge >= 0.3 is 0 Å². The number of thiocarbonyl (C=S) groups is 1. The second-order valence-corrected chi connectivity index (χ2v) is 9.97. The average Bonchev–Trinajstić information content (AvgIpc) is 3.34. The van der Waals surface area contributed by atoms with Crippen LogP contribution in [-0.2, 0) is 4.79 Å². The van der Waals surface area contributed by atoms with Gasteiger partial charge in [0.05, 0.1) is 10.4 Å². The van der Waals surface area contributed by atoms with Gasteiger partial charge < -0.3 is 15.1 Å². The zero-order valence-corrected chi connectivity index (χ0v) is 18.7. The lowest BCUT2D eigenvalue weighted by Crippen LogP contribution is -2.44. The van der Waals surface area contributed by atoms with Crippen molar-refractivity contribution in [1.82, 2.24) is 20.2 Å². The quantitative estimate of drug-likeness (QED) is 0.480. The van der Waals surface area contributed by atoms with E-state index >= 15 is 0 Å². The van der Waals surface area contributed by atoms with E-state index in [1.807, 2.05) is 6.08 Å². The highest BCUT2D eigenvalue weighted by Crippen LogP contribution is 2.33. The lowest BCUT2D eigenvalue weighted by Gasteiger charge is -2.33. The number of aromatic nitrogens is 2. The lowest BCUT2D eigenvalue weighted by atomic mass is 10.1. The van der Waals surface area contributed by atoms with Crippen LogP contribution in [0, 0.1) is 0 Å². The molecule has 0 bridgehead atoms. The van der Waals surface area contributed by atoms with Crippen LogP contribution in [0.15, 0.2) is 40.9 Å². The molecule has 0 spiro atoms. The first kappa shape index (κ1) is 19.6. The number of fused-ring (bicyclic) bond motifs is 1. The molecule has 2 aliphatic heterocycles. The van der Waals surface area contributed by atoms with E-state index in [2.05, 4.69) is 61.8 Å². The Morgan fingerprint density at radius 3 is 2.73 bits per heavy atom. The molecule has 1 aromatic carbocycles. The average molecular weight is 454 g/mol. The number of amides is 1. The summed E-state index contributed by atoms with van der Waals surface area (Å²) in [5.41, 5.74) is 3.19. The number of hydrogen-bond donors (Lipinski definition) is 1. The molecule has 152 valence electrons. The summed E-state index contributed by atoms with van der Waals surface area (Å²) < 4.78 is 0.508. The minimum Gasteiger partial charge on any atom is -0.353 e. The molecular weight excluding hydrogens is 434 g/mol. The van der Waals surface area contributed by atoms with Crippen molar-refractivity contribution < 1.29 is 4.79 Å². The van der Waals surface area contributed by atoms with E-state index in [0.717, 1.165) is 58.9 Å². The Morgan fingerprint density at radius 1 is 1.13 bits per heavy atom. The molecule has 0 saturated carbocycles. The van der Waals surface area contributed by atoms with Crippen LogP contribution in [0.5, 0.6) is 0 Å². The third kappa shape index (κ3) is 3.85. The van der Waals surface area contributed by atoms with Gasteiger partial charge in [0.25, 0.3) is 5.91 Å². The number of hydrogen-bond acceptors (Lipinski definition) is 8. The van der Waals surface area contributed by atoms with E-state index in [1.54, 1.807) is 17.7 Å². The van der Waals surface area contributed by atoms with Crippen molar-refractivity contribution in [3.05, 3.63) is 45.8 Å². The van der Waals surface area contributed by atoms with Crippen molar-refractivity contribution >= 4 is 68.3 Å². The molecule has 2 aliphatic rings. The summed E-state index contributed by atoms with van der Waals surface area (Å²) in [4.78, 5) is 27.3. The number of thioether (sulfide) groups is 1. The zero-order valence-electron chi connectivity index (χ0n) is 16.3. The van der Waals surface area contributed by atoms with Crippen LogP contribution >= 0.6 is 35.3 Å². The number of carbonyl (C=O) groups is 1. The van der Waals surface area contributed by atoms with Gasteiger partial charge in [0, 0.05) is 36.4 Å². The number of piperazine rings is 1. The summed E-state index contributed by atoms with van der Waals surface area (Å²) in [5, 5.41) is 5.84. The van der Waals surface area contributed by atoms with E-state index in [9.17, 15) is 4.79 Å². The van der Waals surface area contributed by atoms with Gasteiger partial charge in [-0.2, -0.15) is 0 Å². The van der Waals surface area contributed by atoms with Crippen LogP contribution in [-0.4, -0.2) is 58.3 Å². The fourth-order valence-electron chi connectivity index (χ4n) is 3.62. The second kappa shape index (κ2) is 8.07. The number of benzene rings is 1. The first-order valence-corrected chi connectivity index (χ1v) is 11.7. The Bertz CT molecular complexity index is 1180. The SMILES string of the molecule is CN1CCN(c2ncnc3ccc(-c4csc(C=C5SC(=S)NC5=O)c4)cc23)CC1. The van der Waals surface area contributed by atoms with Gasteiger partial charge in [-0.05, 0) is 47.8 Å². The molecular formula is C21H19N5OS3. The maximum atomic E-state index is 11.9. The smallest absolute Gasteiger partial charge is 0.263 e. The van der Waals surface area contributed by atoms with Crippen LogP contribution in [0.25, 0.3) is 28.1 Å². The van der Waals surface area contributed by atoms with Crippen molar-refractivity contribution in [3.63, 3.8) is 0 Å². The minimum absolute atomic E-state index is 0.125. The highest BCUT2D eigenvalue weighted by molar-refractivity contribution is 8.26. The number of anilines is 1. The Hall–Kier alpha value is -2.33. The van der Waals surface area contributed by atoms with Crippen LogP contribution in [0.3, 0.4) is 0 Å². The topological polar surface area (TPSA) is 61.4 Å². The molecule has 1 N–H and O–H groups in total. The summed E-state index contributed by atoms with van der Waals surface area (Å²) in [6.45, 7) is 3.99. The maximum absolute atomic E-state index is 11.9. The summed E-state index contributed by atoms with van der Waals surface area (Å²) >= 11 is 7.98. The van der Waals surface area contributed by atoms with Gasteiger partial charge in [0.2, 0.25) is 0 Å². The monoisotopic (exact) mass is 453 g/mol. The lowest BCUT2D eigenvalue weighted by molar-refractivity contribution is -0.115. The molecule has 4 heterocycles. The van der Waals surface area contributed by atoms with Crippen LogP contribution in [0.2, 0.25) is 0 Å². The van der Waals surface area contributed by atoms with Gasteiger partial charge in [0.1, 0.15) is 16.5 Å². The standard InChI is InChI=1S/C21H19N5OS3/c1-25-4-6-26(7-5-25)19-16-9-13(2-3-17(16)22-12-23-19)14-8-15(29-11-14)10-18-20(27)24-21(28)30-18/h2-3,8-12H,4-7H2,1H3,(H,24,27,28). The van der Waals surface area contributed by atoms with Crippen LogP contribution < -0.4 is 10.2 Å². The second-order valence-electron chi connectivity index (χ2n) is 7.31. The number of rotatable bonds is 3. The molecule has 6 nitrogen and oxygen atoms in total. The number of nitrogens with one attached hydrogen (secondary N) is 1. The van der Waals surface area contributed by atoms with E-state index in [0.29, 0.717) is 9.23 Å². The molecule has 2 fully saturated rings. The predicted molar refractivity (Wildman–Crippen MR) is 129 cm³/mol. The Labute approximate surface area is 188 Å². The molecule has 30 heavy (non-hydrogen) atoms. The van der Waals surface area contributed by atoms with Crippen molar-refractivity contribution in [2.45, 2.75) is 0 Å². The summed E-state index contributed by atoms with van der Waals surface area (Å²) in [6, 6.07) is 8.43. The molecule has 2 saturated heterocycles. The number of nitrogens with zero attached hydrogens (tertiary/aromatic N) is 4. The predicted octanol–water partition coefficient (Wildman–Crippen LogP) is 3.60. The summed E-state index contributed by atoms with van der Waals surface area (Å²) in [7, 11) is 2.15. The normalized spacial score (nSPS) is 19.1. The van der Waals surface area contributed by atoms with Gasteiger partial charge in [-0.25, -0.2) is 9.97 Å². The largest absolute Gasteiger partial charge is 0.353 e. The Kier molecular flexibility index (Phi) is 5.28. The fraction of sp³-hybridized carbons (Fsp3) is 0.238. The molecule has 0 radical (unpaired) electrons. The maximum Gasteiger partial charge on any atom is 0.263 e. The van der Waals surface area contributed by atoms with Crippen molar-refractivity contribution in [3.8, 4) is 11.1 Å². The Balaban J connectivity index is 1.48. The van der Waals surface area contributed by atoms with Crippen molar-refractivity contribution in [2.24, 2.45) is 0 Å². The number of carbonyl (C=O) groups excluding carboxylic acids is 1. The minimum atomic E-state index is -0.125. The first-order chi connectivity index (χ1) is 14.6. The summed E-state index contributed by atoms with van der Waals surface area (Å²) in [5.74, 6) is 0.875. The highest BCUT2D eigenvalue weighted by atomic mass is 32.2. The molecule has 9 heteroatoms. The first-order valence-electron chi connectivity index (χ1n) is 9.59. The molecule has 0 aliphatic carbocycles. The van der Waals surface area contributed by atoms with Gasteiger partial charge in [-0.3, -0.25) is 4.79 Å². The van der Waals surface area contributed by atoms with Crippen molar-refractivity contribution in [2.75, 3.05) is 38.1 Å². The molecule has 2 aromatic heterocycles. The molecule has 0 unspecified atom stereocenters. The molecule has 1 amide bonds. The van der Waals surface area contributed by atoms with Gasteiger partial charge in [-0.1, -0.05) is 30.0 Å². The molecule has 0 atom stereocenters. The zero-order chi connectivity index (χ0) is 20.7. The summed E-state index contributed by atoms with van der Waals surface area (Å²) in [6.07, 6.45) is 3.55. The third-order valence-corrected chi connectivity index (χ3v) is 7.33. The molecule has 5 rings (SSSR count). The van der Waals surface area contributed by atoms with Gasteiger partial charge in [-0.15, -0.1) is 11.3 Å². The van der Waals surface area contributed by atoms with E-state index < -0.39 is 0 Å². The molecule has 3 aromatic rings. The number of thiophene rings is 1. The van der Waals surface area contributed by atoms with Crippen LogP contribution in [0.4, 0.5) is 5.82 Å². The van der Waals surface area contributed by atoms with E-state index in [4.69, 9.17) is 12.2 Å². The van der Waals surface area contributed by atoms with Gasteiger partial charge in [0.15, 0.2) is 0 Å². The van der Waals surface area contributed by atoms with Crippen molar-refractivity contribution in [1.29, 1.82) is 0 Å². The number of likely N-dealkylation sites (N-methyl/N-ethyl adjacent to an activating group) is 1. The fourth-order valence-corrected chi connectivity index (χ4v) is 5.58.